The molecule has 10 heteroatoms. The van der Waals surface area contributed by atoms with E-state index in [2.05, 4.69) is 6.58 Å². The van der Waals surface area contributed by atoms with Crippen LogP contribution in [0, 0.1) is 0 Å². The van der Waals surface area contributed by atoms with Crippen LogP contribution < -0.4 is 4.90 Å². The Kier molecular flexibility index (Phi) is 10.4. The van der Waals surface area contributed by atoms with E-state index >= 15 is 0 Å². The fraction of sp³-hybridized carbons (Fsp3) is 0.500. The molecule has 0 radical (unpaired) electrons. The van der Waals surface area contributed by atoms with Crippen LogP contribution in [0.3, 0.4) is 0 Å². The summed E-state index contributed by atoms with van der Waals surface area (Å²) >= 11 is 29.2. The third-order valence-corrected chi connectivity index (χ3v) is 6.33. The molecule has 0 aromatic heterocycles. The van der Waals surface area contributed by atoms with E-state index in [1.54, 1.807) is 35.2 Å². The summed E-state index contributed by atoms with van der Waals surface area (Å²) in [6, 6.07) is 6.42. The van der Waals surface area contributed by atoms with Crippen molar-refractivity contribution in [3.8, 4) is 0 Å². The monoisotopic (exact) mass is 514 g/mol. The summed E-state index contributed by atoms with van der Waals surface area (Å²) in [7, 11) is 0. The molecule has 0 saturated heterocycles. The third kappa shape index (κ3) is 6.57. The Balaban J connectivity index is 2.34. The Labute approximate surface area is 201 Å². The van der Waals surface area contributed by atoms with E-state index in [0.717, 1.165) is 6.42 Å². The van der Waals surface area contributed by atoms with Crippen molar-refractivity contribution >= 4 is 75.7 Å². The van der Waals surface area contributed by atoms with Gasteiger partial charge in [0.15, 0.2) is 4.84 Å². The molecule has 3 atom stereocenters. The molecule has 1 aromatic rings. The Morgan fingerprint density at radius 1 is 1.17 bits per heavy atom. The van der Waals surface area contributed by atoms with E-state index in [-0.39, 0.29) is 36.8 Å². The van der Waals surface area contributed by atoms with Crippen molar-refractivity contribution in [2.75, 3.05) is 17.3 Å². The summed E-state index contributed by atoms with van der Waals surface area (Å²) < 4.78 is 5.20. The predicted octanol–water partition coefficient (Wildman–Crippen LogP) is 6.22. The van der Waals surface area contributed by atoms with E-state index in [1.165, 1.54) is 4.90 Å². The molecule has 30 heavy (non-hydrogen) atoms. The minimum atomic E-state index is -1.20. The fourth-order valence-electron chi connectivity index (χ4n) is 3.61. The molecule has 1 aliphatic rings. The minimum Gasteiger partial charge on any atom is -0.427 e. The summed E-state index contributed by atoms with van der Waals surface area (Å²) in [6.45, 7) is 3.94. The zero-order chi connectivity index (χ0) is 22.3. The lowest BCUT2D eigenvalue weighted by Crippen LogP contribution is -2.53. The molecule has 3 unspecified atom stereocenters. The van der Waals surface area contributed by atoms with Crippen molar-refractivity contribution in [1.82, 2.24) is 4.90 Å². The van der Waals surface area contributed by atoms with Gasteiger partial charge in [0.05, 0.1) is 12.1 Å². The number of alkyl halides is 4. The van der Waals surface area contributed by atoms with Crippen LogP contribution in [0.1, 0.15) is 25.7 Å². The molecule has 0 spiro atoms. The van der Waals surface area contributed by atoms with Crippen LogP contribution in [0.25, 0.3) is 0 Å². The highest BCUT2D eigenvalue weighted by Crippen LogP contribution is 2.34. The van der Waals surface area contributed by atoms with Gasteiger partial charge in [0.25, 0.3) is 0 Å². The first kappa shape index (κ1) is 25.4. The highest BCUT2D eigenvalue weighted by molar-refractivity contribution is 6.48. The molecular formula is C20H23Cl5N2O3. The summed E-state index contributed by atoms with van der Waals surface area (Å²) in [5.41, 5.74) is -0.506. The Morgan fingerprint density at radius 3 is 2.37 bits per heavy atom. The number of hydrogen-bond acceptors (Lipinski definition) is 3. The van der Waals surface area contributed by atoms with E-state index < -0.39 is 16.5 Å². The fourth-order valence-corrected chi connectivity index (χ4v) is 4.08. The number of anilines is 1. The van der Waals surface area contributed by atoms with Gasteiger partial charge in [0, 0.05) is 29.6 Å². The maximum absolute atomic E-state index is 13.0. The normalized spacial score (nSPS) is 19.4. The SMILES string of the molecule is C=CCN(C(=O)OC(Cl)C(Cl)Cl)C1CCCC1N(C(=O)CCCl)c1ccc(Cl)cc1. The van der Waals surface area contributed by atoms with Gasteiger partial charge in [-0.15, -0.1) is 18.2 Å². The highest BCUT2D eigenvalue weighted by Gasteiger charge is 2.41. The Hall–Kier alpha value is -0.850. The largest absolute Gasteiger partial charge is 0.427 e. The number of ether oxygens (including phenoxy) is 1. The van der Waals surface area contributed by atoms with Gasteiger partial charge in [-0.25, -0.2) is 4.79 Å². The number of rotatable bonds is 9. The minimum absolute atomic E-state index is 0.132. The van der Waals surface area contributed by atoms with Gasteiger partial charge in [-0.3, -0.25) is 9.69 Å². The number of amides is 2. The highest BCUT2D eigenvalue weighted by atomic mass is 35.5. The quantitative estimate of drug-likeness (QED) is 0.289. The van der Waals surface area contributed by atoms with Crippen molar-refractivity contribution in [2.45, 2.75) is 48.2 Å². The third-order valence-electron chi connectivity index (χ3n) is 4.83. The van der Waals surface area contributed by atoms with Crippen molar-refractivity contribution in [3.63, 3.8) is 0 Å². The van der Waals surface area contributed by atoms with Crippen LogP contribution in [0.15, 0.2) is 36.9 Å². The zero-order valence-corrected chi connectivity index (χ0v) is 19.9. The molecule has 5 nitrogen and oxygen atoms in total. The van der Waals surface area contributed by atoms with Gasteiger partial charge in [-0.2, -0.15) is 0 Å². The first-order valence-electron chi connectivity index (χ1n) is 9.44. The summed E-state index contributed by atoms with van der Waals surface area (Å²) in [4.78, 5) is 27.9. The Bertz CT molecular complexity index is 732. The number of halogens is 5. The molecule has 0 bridgehead atoms. The van der Waals surface area contributed by atoms with Crippen molar-refractivity contribution < 1.29 is 14.3 Å². The van der Waals surface area contributed by atoms with E-state index in [9.17, 15) is 9.59 Å². The number of hydrogen-bond donors (Lipinski definition) is 0. The zero-order valence-electron chi connectivity index (χ0n) is 16.2. The van der Waals surface area contributed by atoms with Crippen LogP contribution in [-0.4, -0.2) is 51.8 Å². The first-order valence-corrected chi connectivity index (χ1v) is 11.7. The molecule has 1 aromatic carbocycles. The van der Waals surface area contributed by atoms with Crippen LogP contribution in [0.4, 0.5) is 10.5 Å². The van der Waals surface area contributed by atoms with E-state index in [1.807, 2.05) is 0 Å². The predicted molar refractivity (Wildman–Crippen MR) is 124 cm³/mol. The van der Waals surface area contributed by atoms with Crippen molar-refractivity contribution in [1.29, 1.82) is 0 Å². The van der Waals surface area contributed by atoms with Crippen LogP contribution in [-0.2, 0) is 9.53 Å². The molecule has 1 fully saturated rings. The van der Waals surface area contributed by atoms with Gasteiger partial charge in [0.2, 0.25) is 11.5 Å². The number of benzene rings is 1. The molecule has 0 heterocycles. The first-order chi connectivity index (χ1) is 14.3. The molecule has 2 rings (SSSR count). The van der Waals surface area contributed by atoms with Gasteiger partial charge < -0.3 is 9.64 Å². The second-order valence-electron chi connectivity index (χ2n) is 6.76. The van der Waals surface area contributed by atoms with Gasteiger partial charge in [-0.05, 0) is 43.5 Å². The molecule has 1 aliphatic carbocycles. The standard InChI is InChI=1S/C20H23Cl5N2O3/c1-2-12-26(20(29)30-19(25)18(23)24)15-4-3-5-16(15)27(17(28)10-11-21)14-8-6-13(22)7-9-14/h2,6-9,15-16,18-19H,1,3-5,10-12H2. The molecule has 166 valence electrons. The lowest BCUT2D eigenvalue weighted by Gasteiger charge is -2.38. The van der Waals surface area contributed by atoms with Gasteiger partial charge in [0.1, 0.15) is 0 Å². The maximum atomic E-state index is 13.0. The van der Waals surface area contributed by atoms with E-state index in [4.69, 9.17) is 62.7 Å². The summed E-state index contributed by atoms with van der Waals surface area (Å²) in [5, 5.41) is 0.563. The Morgan fingerprint density at radius 2 is 1.80 bits per heavy atom. The summed E-state index contributed by atoms with van der Waals surface area (Å²) in [5.74, 6) is 0.0624. The van der Waals surface area contributed by atoms with Crippen LogP contribution in [0.5, 0.6) is 0 Å². The lowest BCUT2D eigenvalue weighted by molar-refractivity contribution is -0.119. The number of carbonyl (C=O) groups is 2. The molecule has 1 saturated carbocycles. The topological polar surface area (TPSA) is 49.9 Å². The second-order valence-corrected chi connectivity index (χ2v) is 9.16. The molecule has 0 aliphatic heterocycles. The van der Waals surface area contributed by atoms with Crippen LogP contribution >= 0.6 is 58.0 Å². The maximum Gasteiger partial charge on any atom is 0.411 e. The molecule has 0 N–H and O–H groups in total. The second kappa shape index (κ2) is 12.3. The summed E-state index contributed by atoms with van der Waals surface area (Å²) in [6.07, 6.45) is 3.31. The smallest absolute Gasteiger partial charge is 0.411 e. The van der Waals surface area contributed by atoms with Crippen molar-refractivity contribution in [2.24, 2.45) is 0 Å². The lowest BCUT2D eigenvalue weighted by atomic mass is 10.1. The average molecular weight is 517 g/mol. The number of nitrogens with zero attached hydrogens (tertiary/aromatic N) is 2. The molecule has 2 amide bonds. The van der Waals surface area contributed by atoms with Gasteiger partial charge >= 0.3 is 6.09 Å². The van der Waals surface area contributed by atoms with Crippen LogP contribution in [0.2, 0.25) is 5.02 Å². The number of carbonyl (C=O) groups excluding carboxylic acids is 2. The average Bonchev–Trinajstić information content (AvgIpc) is 3.16. The van der Waals surface area contributed by atoms with Crippen molar-refractivity contribution in [3.05, 3.63) is 41.9 Å². The molecular weight excluding hydrogens is 493 g/mol. The van der Waals surface area contributed by atoms with Gasteiger partial charge in [-0.1, -0.05) is 52.5 Å². The van der Waals surface area contributed by atoms with E-state index in [0.29, 0.717) is 23.6 Å².